The number of carbonyl (C=O) groups is 1. The fourth-order valence-corrected chi connectivity index (χ4v) is 4.54. The molecule has 1 saturated carbocycles. The first-order valence-corrected chi connectivity index (χ1v) is 10.8. The van der Waals surface area contributed by atoms with Crippen molar-refractivity contribution in [2.45, 2.75) is 41.5 Å². The van der Waals surface area contributed by atoms with Gasteiger partial charge in [0.15, 0.2) is 0 Å². The minimum absolute atomic E-state index is 0.0495. The van der Waals surface area contributed by atoms with Crippen molar-refractivity contribution in [2.75, 3.05) is 26.2 Å². The molecule has 1 aromatic heterocycles. The zero-order valence-electron chi connectivity index (χ0n) is 15.3. The van der Waals surface area contributed by atoms with Crippen LogP contribution < -0.4 is 0 Å². The molecule has 27 heavy (non-hydrogen) atoms. The molecule has 6 heteroatoms. The molecule has 2 aromatic rings. The van der Waals surface area contributed by atoms with Gasteiger partial charge in [-0.3, -0.25) is 9.69 Å². The number of hydrogen-bond donors (Lipinski definition) is 0. The summed E-state index contributed by atoms with van der Waals surface area (Å²) in [6.07, 6.45) is 6.83. The van der Waals surface area contributed by atoms with Crippen molar-refractivity contribution >= 4 is 29.3 Å². The molecule has 2 heterocycles. The second kappa shape index (κ2) is 8.63. The number of halogens is 1. The first-order chi connectivity index (χ1) is 13.2. The molecule has 0 N–H and O–H groups in total. The lowest BCUT2D eigenvalue weighted by molar-refractivity contribution is 0.0743. The normalized spacial score (nSPS) is 18.8. The van der Waals surface area contributed by atoms with E-state index < -0.39 is 0 Å². The monoisotopic (exact) mass is 401 g/mol. The van der Waals surface area contributed by atoms with Crippen LogP contribution in [-0.4, -0.2) is 52.9 Å². The van der Waals surface area contributed by atoms with Gasteiger partial charge in [-0.1, -0.05) is 29.8 Å². The van der Waals surface area contributed by atoms with E-state index in [0.717, 1.165) is 53.5 Å². The molecular weight excluding hydrogens is 378 g/mol. The molecule has 1 aliphatic heterocycles. The predicted molar refractivity (Wildman–Crippen MR) is 110 cm³/mol. The van der Waals surface area contributed by atoms with Crippen LogP contribution in [-0.2, 0) is 0 Å². The van der Waals surface area contributed by atoms with E-state index in [0.29, 0.717) is 5.69 Å². The Hall–Kier alpha value is -1.56. The van der Waals surface area contributed by atoms with Gasteiger partial charge in [0.05, 0.1) is 0 Å². The second-order valence-electron chi connectivity index (χ2n) is 7.20. The summed E-state index contributed by atoms with van der Waals surface area (Å²) in [5.41, 5.74) is 0.535. The molecule has 1 amide bonds. The van der Waals surface area contributed by atoms with Crippen molar-refractivity contribution < 1.29 is 4.79 Å². The number of hydrogen-bond acceptors (Lipinski definition) is 4. The summed E-state index contributed by atoms with van der Waals surface area (Å²) in [6, 6.07) is 12.3. The van der Waals surface area contributed by atoms with Crippen LogP contribution in [0.3, 0.4) is 0 Å². The number of nitrogens with zero attached hydrogens (tertiary/aromatic N) is 3. The number of benzene rings is 1. The Morgan fingerprint density at radius 1 is 0.963 bits per heavy atom. The van der Waals surface area contributed by atoms with Gasteiger partial charge in [0.2, 0.25) is 0 Å². The summed E-state index contributed by atoms with van der Waals surface area (Å²) in [7, 11) is 0. The zero-order chi connectivity index (χ0) is 18.6. The van der Waals surface area contributed by atoms with Gasteiger partial charge in [0, 0.05) is 53.2 Å². The third kappa shape index (κ3) is 4.65. The van der Waals surface area contributed by atoms with Gasteiger partial charge in [-0.2, -0.15) is 0 Å². The Morgan fingerprint density at radius 2 is 1.74 bits per heavy atom. The van der Waals surface area contributed by atoms with E-state index in [-0.39, 0.29) is 5.91 Å². The smallest absolute Gasteiger partial charge is 0.272 e. The highest BCUT2D eigenvalue weighted by molar-refractivity contribution is 7.99. The fourth-order valence-electron chi connectivity index (χ4n) is 3.63. The number of rotatable bonds is 4. The maximum atomic E-state index is 12.8. The largest absolute Gasteiger partial charge is 0.336 e. The second-order valence-corrected chi connectivity index (χ2v) is 8.78. The maximum Gasteiger partial charge on any atom is 0.272 e. The Labute approximate surface area is 169 Å². The van der Waals surface area contributed by atoms with Crippen LogP contribution in [0.15, 0.2) is 52.4 Å². The van der Waals surface area contributed by atoms with E-state index in [1.807, 2.05) is 41.3 Å². The molecule has 0 atom stereocenters. The van der Waals surface area contributed by atoms with Crippen molar-refractivity contribution in [1.29, 1.82) is 0 Å². The van der Waals surface area contributed by atoms with Gasteiger partial charge in [0.25, 0.3) is 5.91 Å². The van der Waals surface area contributed by atoms with Crippen LogP contribution in [0.1, 0.15) is 36.2 Å². The number of amides is 1. The van der Waals surface area contributed by atoms with Crippen LogP contribution in [0.5, 0.6) is 0 Å². The summed E-state index contributed by atoms with van der Waals surface area (Å²) >= 11 is 7.54. The van der Waals surface area contributed by atoms with E-state index in [1.165, 1.54) is 19.3 Å². The molecule has 142 valence electrons. The quantitative estimate of drug-likeness (QED) is 0.750. The van der Waals surface area contributed by atoms with E-state index in [9.17, 15) is 4.79 Å². The molecule has 0 bridgehead atoms. The predicted octanol–water partition coefficient (Wildman–Crippen LogP) is 4.59. The van der Waals surface area contributed by atoms with Crippen LogP contribution in [0.4, 0.5) is 0 Å². The zero-order valence-corrected chi connectivity index (χ0v) is 16.9. The van der Waals surface area contributed by atoms with Gasteiger partial charge in [-0.15, -0.1) is 0 Å². The number of carbonyl (C=O) groups excluding carboxylic acids is 1. The lowest BCUT2D eigenvalue weighted by Gasteiger charge is -2.36. The first-order valence-electron chi connectivity index (χ1n) is 9.62. The first kappa shape index (κ1) is 18.8. The SMILES string of the molecule is O=C(c1ccc(Sc2ccc(Cl)cc2)cn1)N1CCCN(C2CCC2)CC1. The van der Waals surface area contributed by atoms with E-state index >= 15 is 0 Å². The standard InChI is InChI=1S/C21H24ClN3OS/c22-16-5-7-18(8-6-16)27-19-9-10-20(23-15-19)21(26)25-12-2-11-24(13-14-25)17-3-1-4-17/h5-10,15,17H,1-4,11-14H2. The Balaban J connectivity index is 1.36. The molecule has 4 nitrogen and oxygen atoms in total. The minimum Gasteiger partial charge on any atom is -0.336 e. The summed E-state index contributed by atoms with van der Waals surface area (Å²) in [5.74, 6) is 0.0495. The summed E-state index contributed by atoms with van der Waals surface area (Å²) < 4.78 is 0. The molecular formula is C21H24ClN3OS. The number of aromatic nitrogens is 1. The topological polar surface area (TPSA) is 36.4 Å². The summed E-state index contributed by atoms with van der Waals surface area (Å²) in [4.78, 5) is 23.9. The van der Waals surface area contributed by atoms with Gasteiger partial charge in [-0.25, -0.2) is 4.98 Å². The average molecular weight is 402 g/mol. The van der Waals surface area contributed by atoms with Crippen molar-refractivity contribution in [3.8, 4) is 0 Å². The van der Waals surface area contributed by atoms with E-state index in [1.54, 1.807) is 18.0 Å². The molecule has 0 unspecified atom stereocenters. The molecule has 4 rings (SSSR count). The van der Waals surface area contributed by atoms with Gasteiger partial charge < -0.3 is 4.90 Å². The van der Waals surface area contributed by atoms with E-state index in [4.69, 9.17) is 11.6 Å². The minimum atomic E-state index is 0.0495. The fraction of sp³-hybridized carbons (Fsp3) is 0.429. The van der Waals surface area contributed by atoms with Crippen LogP contribution in [0.2, 0.25) is 5.02 Å². The van der Waals surface area contributed by atoms with Crippen molar-refractivity contribution in [1.82, 2.24) is 14.8 Å². The van der Waals surface area contributed by atoms with Crippen molar-refractivity contribution in [2.24, 2.45) is 0 Å². The van der Waals surface area contributed by atoms with Crippen molar-refractivity contribution in [3.63, 3.8) is 0 Å². The molecule has 2 fully saturated rings. The lowest BCUT2D eigenvalue weighted by atomic mass is 9.91. The summed E-state index contributed by atoms with van der Waals surface area (Å²) in [6.45, 7) is 3.72. The Bertz CT molecular complexity index is 777. The highest BCUT2D eigenvalue weighted by Crippen LogP contribution is 2.28. The summed E-state index contributed by atoms with van der Waals surface area (Å²) in [5, 5.41) is 0.728. The molecule has 1 saturated heterocycles. The van der Waals surface area contributed by atoms with E-state index in [2.05, 4.69) is 9.88 Å². The molecule has 1 aliphatic carbocycles. The number of pyridine rings is 1. The van der Waals surface area contributed by atoms with Crippen LogP contribution in [0, 0.1) is 0 Å². The van der Waals surface area contributed by atoms with Gasteiger partial charge in [0.1, 0.15) is 5.69 Å². The maximum absolute atomic E-state index is 12.8. The third-order valence-electron chi connectivity index (χ3n) is 5.41. The third-order valence-corrected chi connectivity index (χ3v) is 6.65. The Kier molecular flexibility index (Phi) is 6.01. The van der Waals surface area contributed by atoms with Crippen LogP contribution >= 0.6 is 23.4 Å². The molecule has 2 aliphatic rings. The highest BCUT2D eigenvalue weighted by Gasteiger charge is 2.28. The van der Waals surface area contributed by atoms with Crippen LogP contribution in [0.25, 0.3) is 0 Å². The average Bonchev–Trinajstić information content (AvgIpc) is 2.88. The molecule has 0 radical (unpaired) electrons. The highest BCUT2D eigenvalue weighted by atomic mass is 35.5. The Morgan fingerprint density at radius 3 is 2.41 bits per heavy atom. The molecule has 1 aromatic carbocycles. The lowest BCUT2D eigenvalue weighted by Crippen LogP contribution is -2.42. The molecule has 0 spiro atoms. The van der Waals surface area contributed by atoms with Gasteiger partial charge >= 0.3 is 0 Å². The van der Waals surface area contributed by atoms with Gasteiger partial charge in [-0.05, 0) is 55.7 Å². The van der Waals surface area contributed by atoms with Crippen molar-refractivity contribution in [3.05, 3.63) is 53.3 Å².